The molecule has 0 saturated carbocycles. The molecular formula is C27H33FN4O6. The number of hydrogen-bond acceptors (Lipinski definition) is 6. The smallest absolute Gasteiger partial charge is 0.328 e. The molecule has 0 radical (unpaired) electrons. The van der Waals surface area contributed by atoms with Crippen molar-refractivity contribution in [3.63, 3.8) is 0 Å². The van der Waals surface area contributed by atoms with Gasteiger partial charge in [-0.05, 0) is 49.7 Å². The number of piperazine rings is 1. The summed E-state index contributed by atoms with van der Waals surface area (Å²) in [7, 11) is 2.76. The summed E-state index contributed by atoms with van der Waals surface area (Å²) in [6.45, 7) is 3.66. The Morgan fingerprint density at radius 1 is 1.03 bits per heavy atom. The van der Waals surface area contributed by atoms with Gasteiger partial charge in [0.05, 0.1) is 20.8 Å². The standard InChI is InChI=1S/C27H33FN4O6/c1-17(2)29-27(36)32-13-12-31(25(34)19-6-5-7-20(28)15-19)16-23(32)24(33)30-22(26(35)38-4)14-18-8-10-21(37-3)11-9-18/h5-11,15,17,22-23H,12-14,16H2,1-4H3,(H,29,36)(H,30,33)/t22-,23-/m0/s1. The van der Waals surface area contributed by atoms with Gasteiger partial charge in [-0.3, -0.25) is 9.59 Å². The molecule has 1 saturated heterocycles. The molecule has 204 valence electrons. The van der Waals surface area contributed by atoms with Gasteiger partial charge in [0, 0.05) is 31.1 Å². The monoisotopic (exact) mass is 528 g/mol. The van der Waals surface area contributed by atoms with E-state index in [9.17, 15) is 23.6 Å². The second-order valence-corrected chi connectivity index (χ2v) is 9.21. The van der Waals surface area contributed by atoms with Crippen LogP contribution in [0.5, 0.6) is 5.75 Å². The zero-order valence-electron chi connectivity index (χ0n) is 21.9. The first-order valence-corrected chi connectivity index (χ1v) is 12.3. The Morgan fingerprint density at radius 3 is 2.34 bits per heavy atom. The van der Waals surface area contributed by atoms with Crippen LogP contribution in [0.1, 0.15) is 29.8 Å². The van der Waals surface area contributed by atoms with Crippen LogP contribution in [0, 0.1) is 5.82 Å². The van der Waals surface area contributed by atoms with Crippen LogP contribution in [0.25, 0.3) is 0 Å². The van der Waals surface area contributed by atoms with Crippen LogP contribution in [-0.4, -0.2) is 85.6 Å². The van der Waals surface area contributed by atoms with Gasteiger partial charge in [-0.1, -0.05) is 18.2 Å². The Hall–Kier alpha value is -4.15. The van der Waals surface area contributed by atoms with Crippen molar-refractivity contribution in [1.82, 2.24) is 20.4 Å². The van der Waals surface area contributed by atoms with Gasteiger partial charge in [0.2, 0.25) is 5.91 Å². The summed E-state index contributed by atoms with van der Waals surface area (Å²) in [5, 5.41) is 5.47. The number of hydrogen-bond donors (Lipinski definition) is 2. The second-order valence-electron chi connectivity index (χ2n) is 9.21. The number of benzene rings is 2. The third kappa shape index (κ3) is 7.21. The minimum absolute atomic E-state index is 0.0685. The Bertz CT molecular complexity index is 1160. The molecule has 0 aliphatic carbocycles. The molecule has 11 heteroatoms. The first-order chi connectivity index (χ1) is 18.1. The summed E-state index contributed by atoms with van der Waals surface area (Å²) in [5.41, 5.74) is 0.888. The van der Waals surface area contributed by atoms with E-state index in [2.05, 4.69) is 10.6 Å². The third-order valence-corrected chi connectivity index (χ3v) is 6.12. The van der Waals surface area contributed by atoms with Gasteiger partial charge < -0.3 is 29.9 Å². The number of urea groups is 1. The SMILES string of the molecule is COC(=O)[C@H](Cc1ccc(OC)cc1)NC(=O)[C@@H]1CN(C(=O)c2cccc(F)c2)CCN1C(=O)NC(C)C. The molecule has 1 aliphatic rings. The van der Waals surface area contributed by atoms with Crippen LogP contribution >= 0.6 is 0 Å². The number of carbonyl (C=O) groups excluding carboxylic acids is 4. The van der Waals surface area contributed by atoms with Crippen LogP contribution in [0.15, 0.2) is 48.5 Å². The summed E-state index contributed by atoms with van der Waals surface area (Å²) < 4.78 is 23.8. The van der Waals surface area contributed by atoms with E-state index in [4.69, 9.17) is 9.47 Å². The quantitative estimate of drug-likeness (QED) is 0.506. The highest BCUT2D eigenvalue weighted by molar-refractivity contribution is 5.96. The minimum Gasteiger partial charge on any atom is -0.497 e. The topological polar surface area (TPSA) is 117 Å². The van der Waals surface area contributed by atoms with Crippen molar-refractivity contribution in [2.24, 2.45) is 0 Å². The number of ether oxygens (including phenoxy) is 2. The van der Waals surface area contributed by atoms with Crippen molar-refractivity contribution in [3.8, 4) is 5.75 Å². The lowest BCUT2D eigenvalue weighted by atomic mass is 10.0. The number of esters is 1. The Kier molecular flexibility index (Phi) is 9.64. The number of nitrogens with one attached hydrogen (secondary N) is 2. The van der Waals surface area contributed by atoms with E-state index in [0.29, 0.717) is 5.75 Å². The highest BCUT2D eigenvalue weighted by Gasteiger charge is 2.39. The van der Waals surface area contributed by atoms with Crippen molar-refractivity contribution in [3.05, 3.63) is 65.5 Å². The molecule has 0 bridgehead atoms. The number of methoxy groups -OCH3 is 2. The predicted molar refractivity (Wildman–Crippen MR) is 137 cm³/mol. The van der Waals surface area contributed by atoms with Crippen molar-refractivity contribution in [1.29, 1.82) is 0 Å². The van der Waals surface area contributed by atoms with Crippen LogP contribution in [0.4, 0.5) is 9.18 Å². The van der Waals surface area contributed by atoms with Crippen molar-refractivity contribution in [2.45, 2.75) is 38.4 Å². The zero-order chi connectivity index (χ0) is 27.8. The second kappa shape index (κ2) is 12.9. The fourth-order valence-electron chi connectivity index (χ4n) is 4.17. The van der Waals surface area contributed by atoms with E-state index in [1.54, 1.807) is 45.2 Å². The molecule has 3 rings (SSSR count). The molecule has 2 aromatic rings. The van der Waals surface area contributed by atoms with Gasteiger partial charge in [-0.25, -0.2) is 14.0 Å². The molecule has 1 fully saturated rings. The Balaban J connectivity index is 1.83. The number of amides is 4. The molecular weight excluding hydrogens is 495 g/mol. The van der Waals surface area contributed by atoms with E-state index in [1.807, 2.05) is 0 Å². The van der Waals surface area contributed by atoms with Gasteiger partial charge in [0.1, 0.15) is 23.7 Å². The number of halogens is 1. The lowest BCUT2D eigenvalue weighted by molar-refractivity contribution is -0.145. The predicted octanol–water partition coefficient (Wildman–Crippen LogP) is 1.98. The number of nitrogens with zero attached hydrogens (tertiary/aromatic N) is 2. The van der Waals surface area contributed by atoms with Gasteiger partial charge in [0.25, 0.3) is 5.91 Å². The molecule has 2 N–H and O–H groups in total. The Morgan fingerprint density at radius 2 is 1.74 bits per heavy atom. The number of carbonyl (C=O) groups is 4. The molecule has 2 aromatic carbocycles. The molecule has 10 nitrogen and oxygen atoms in total. The van der Waals surface area contributed by atoms with E-state index >= 15 is 0 Å². The molecule has 1 aliphatic heterocycles. The van der Waals surface area contributed by atoms with E-state index in [0.717, 1.165) is 11.6 Å². The summed E-state index contributed by atoms with van der Waals surface area (Å²) >= 11 is 0. The van der Waals surface area contributed by atoms with E-state index in [-0.39, 0.29) is 37.7 Å². The van der Waals surface area contributed by atoms with Gasteiger partial charge in [0.15, 0.2) is 0 Å². The summed E-state index contributed by atoms with van der Waals surface area (Å²) in [6.07, 6.45) is 0.138. The highest BCUT2D eigenvalue weighted by atomic mass is 19.1. The molecule has 0 unspecified atom stereocenters. The first-order valence-electron chi connectivity index (χ1n) is 12.3. The Labute approximate surface area is 221 Å². The molecule has 38 heavy (non-hydrogen) atoms. The fraction of sp³-hybridized carbons (Fsp3) is 0.407. The van der Waals surface area contributed by atoms with Crippen LogP contribution < -0.4 is 15.4 Å². The molecule has 0 spiro atoms. The zero-order valence-corrected chi connectivity index (χ0v) is 21.9. The lowest BCUT2D eigenvalue weighted by Gasteiger charge is -2.41. The van der Waals surface area contributed by atoms with Gasteiger partial charge in [-0.2, -0.15) is 0 Å². The molecule has 2 atom stereocenters. The normalized spacial score (nSPS) is 16.0. The van der Waals surface area contributed by atoms with Gasteiger partial charge >= 0.3 is 12.0 Å². The molecule has 4 amide bonds. The lowest BCUT2D eigenvalue weighted by Crippen LogP contribution is -2.64. The summed E-state index contributed by atoms with van der Waals surface area (Å²) in [4.78, 5) is 54.8. The largest absolute Gasteiger partial charge is 0.497 e. The first kappa shape index (κ1) is 28.4. The molecule has 0 aromatic heterocycles. The van der Waals surface area contributed by atoms with Crippen LogP contribution in [0.3, 0.4) is 0 Å². The fourth-order valence-corrected chi connectivity index (χ4v) is 4.17. The number of rotatable bonds is 8. The maximum Gasteiger partial charge on any atom is 0.328 e. The average molecular weight is 529 g/mol. The van der Waals surface area contributed by atoms with Crippen LogP contribution in [-0.2, 0) is 20.7 Å². The third-order valence-electron chi connectivity index (χ3n) is 6.12. The van der Waals surface area contributed by atoms with E-state index < -0.39 is 41.7 Å². The maximum atomic E-state index is 13.7. The van der Waals surface area contributed by atoms with Crippen molar-refractivity contribution >= 4 is 23.8 Å². The summed E-state index contributed by atoms with van der Waals surface area (Å²) in [6, 6.07) is 9.49. The van der Waals surface area contributed by atoms with Gasteiger partial charge in [-0.15, -0.1) is 0 Å². The van der Waals surface area contributed by atoms with Crippen LogP contribution in [0.2, 0.25) is 0 Å². The van der Waals surface area contributed by atoms with Crippen molar-refractivity contribution < 1.29 is 33.0 Å². The van der Waals surface area contributed by atoms with E-state index in [1.165, 1.54) is 35.1 Å². The molecule has 1 heterocycles. The summed E-state index contributed by atoms with van der Waals surface area (Å²) in [5.74, 6) is -1.65. The average Bonchev–Trinajstić information content (AvgIpc) is 2.91. The highest BCUT2D eigenvalue weighted by Crippen LogP contribution is 2.17. The maximum absolute atomic E-state index is 13.7. The van der Waals surface area contributed by atoms with Crippen molar-refractivity contribution in [2.75, 3.05) is 33.9 Å². The minimum atomic E-state index is -1.09.